The highest BCUT2D eigenvalue weighted by molar-refractivity contribution is 5.95. The zero-order valence-electron chi connectivity index (χ0n) is 18.9. The van der Waals surface area contributed by atoms with Crippen LogP contribution in [0.3, 0.4) is 0 Å². The van der Waals surface area contributed by atoms with Crippen molar-refractivity contribution in [3.63, 3.8) is 0 Å². The van der Waals surface area contributed by atoms with Crippen molar-refractivity contribution in [1.29, 1.82) is 0 Å². The van der Waals surface area contributed by atoms with Gasteiger partial charge in [0.15, 0.2) is 0 Å². The van der Waals surface area contributed by atoms with E-state index in [4.69, 9.17) is 4.74 Å². The van der Waals surface area contributed by atoms with Gasteiger partial charge in [0, 0.05) is 36.1 Å². The van der Waals surface area contributed by atoms with E-state index < -0.39 is 0 Å². The molecule has 2 aromatic carbocycles. The smallest absolute Gasteiger partial charge is 0.253 e. The quantitative estimate of drug-likeness (QED) is 0.434. The molecule has 0 heterocycles. The molecule has 0 aliphatic carbocycles. The van der Waals surface area contributed by atoms with Gasteiger partial charge in [-0.3, -0.25) is 9.59 Å². The monoisotopic (exact) mass is 425 g/mol. The summed E-state index contributed by atoms with van der Waals surface area (Å²) in [5.74, 6) is 0.626. The number of carbonyl (C=O) groups excluding carboxylic acids is 2. The highest BCUT2D eigenvalue weighted by atomic mass is 16.5. The third-order valence-corrected chi connectivity index (χ3v) is 5.02. The summed E-state index contributed by atoms with van der Waals surface area (Å²) < 4.78 is 5.77. The fraction of sp³-hybridized carbons (Fsp3) is 0.440. The van der Waals surface area contributed by atoms with Gasteiger partial charge in [0.2, 0.25) is 5.91 Å². The Morgan fingerprint density at radius 1 is 0.903 bits per heavy atom. The topological polar surface area (TPSA) is 70.7 Å². The molecule has 0 spiro atoms. The van der Waals surface area contributed by atoms with Gasteiger partial charge in [0.05, 0.1) is 13.2 Å². The Labute approximate surface area is 186 Å². The Hall–Kier alpha value is -3.02. The van der Waals surface area contributed by atoms with Crippen molar-refractivity contribution in [2.75, 3.05) is 36.9 Å². The number of carbonyl (C=O) groups is 2. The van der Waals surface area contributed by atoms with Gasteiger partial charge in [-0.05, 0) is 56.7 Å². The van der Waals surface area contributed by atoms with Crippen LogP contribution in [0.4, 0.5) is 11.4 Å². The largest absolute Gasteiger partial charge is 0.494 e. The van der Waals surface area contributed by atoms with Gasteiger partial charge in [0.1, 0.15) is 5.75 Å². The summed E-state index contributed by atoms with van der Waals surface area (Å²) in [6.07, 6.45) is 4.63. The molecule has 0 atom stereocenters. The molecule has 2 amide bonds. The van der Waals surface area contributed by atoms with Crippen LogP contribution in [-0.2, 0) is 4.79 Å². The molecule has 0 radical (unpaired) electrons. The molecule has 0 bridgehead atoms. The van der Waals surface area contributed by atoms with E-state index in [1.54, 1.807) is 17.0 Å². The molecule has 6 heteroatoms. The lowest BCUT2D eigenvalue weighted by Crippen LogP contribution is -2.30. The van der Waals surface area contributed by atoms with Crippen molar-refractivity contribution in [3.8, 4) is 5.75 Å². The Morgan fingerprint density at radius 3 is 2.32 bits per heavy atom. The molecule has 0 aliphatic rings. The predicted octanol–water partition coefficient (Wildman–Crippen LogP) is 5.18. The van der Waals surface area contributed by atoms with Gasteiger partial charge in [-0.2, -0.15) is 0 Å². The molecule has 2 aromatic rings. The SMILES string of the molecule is CCCCCCOc1cccc(NC(=O)CNc2ccc(C(=O)N(CC)CC)cc2)c1. The van der Waals surface area contributed by atoms with Crippen LogP contribution < -0.4 is 15.4 Å². The van der Waals surface area contributed by atoms with E-state index in [1.807, 2.05) is 50.2 Å². The van der Waals surface area contributed by atoms with E-state index in [-0.39, 0.29) is 18.4 Å². The Balaban J connectivity index is 1.80. The van der Waals surface area contributed by atoms with Gasteiger partial charge in [-0.15, -0.1) is 0 Å². The lowest BCUT2D eigenvalue weighted by molar-refractivity contribution is -0.114. The Kier molecular flexibility index (Phi) is 10.4. The highest BCUT2D eigenvalue weighted by Crippen LogP contribution is 2.18. The Morgan fingerprint density at radius 2 is 1.65 bits per heavy atom. The molecule has 168 valence electrons. The molecular formula is C25H35N3O3. The summed E-state index contributed by atoms with van der Waals surface area (Å²) in [5, 5.41) is 5.97. The standard InChI is InChI=1S/C25H35N3O3/c1-4-7-8-9-17-31-23-12-10-11-22(18-23)27-24(29)19-26-21-15-13-20(14-16-21)25(30)28(5-2)6-3/h10-16,18,26H,4-9,17,19H2,1-3H3,(H,27,29). The van der Waals surface area contributed by atoms with Gasteiger partial charge < -0.3 is 20.3 Å². The Bertz CT molecular complexity index is 817. The first kappa shape index (κ1) is 24.3. The molecule has 0 unspecified atom stereocenters. The van der Waals surface area contributed by atoms with E-state index in [2.05, 4.69) is 17.6 Å². The normalized spacial score (nSPS) is 10.4. The van der Waals surface area contributed by atoms with Crippen LogP contribution in [0.5, 0.6) is 5.75 Å². The number of unbranched alkanes of at least 4 members (excludes halogenated alkanes) is 3. The molecule has 31 heavy (non-hydrogen) atoms. The van der Waals surface area contributed by atoms with Crippen molar-refractivity contribution in [2.24, 2.45) is 0 Å². The number of hydrogen-bond donors (Lipinski definition) is 2. The van der Waals surface area contributed by atoms with E-state index in [0.29, 0.717) is 30.9 Å². The molecule has 2 N–H and O–H groups in total. The molecule has 0 fully saturated rings. The summed E-state index contributed by atoms with van der Waals surface area (Å²) in [6, 6.07) is 14.6. The zero-order valence-corrected chi connectivity index (χ0v) is 18.9. The predicted molar refractivity (Wildman–Crippen MR) is 127 cm³/mol. The summed E-state index contributed by atoms with van der Waals surface area (Å²) in [6.45, 7) is 8.29. The summed E-state index contributed by atoms with van der Waals surface area (Å²) in [7, 11) is 0. The number of nitrogens with zero attached hydrogens (tertiary/aromatic N) is 1. The number of amides is 2. The second-order valence-corrected chi connectivity index (χ2v) is 7.39. The first-order valence-electron chi connectivity index (χ1n) is 11.2. The molecule has 6 nitrogen and oxygen atoms in total. The number of nitrogens with one attached hydrogen (secondary N) is 2. The number of anilines is 2. The van der Waals surface area contributed by atoms with E-state index in [9.17, 15) is 9.59 Å². The van der Waals surface area contributed by atoms with Crippen LogP contribution >= 0.6 is 0 Å². The van der Waals surface area contributed by atoms with Gasteiger partial charge in [0.25, 0.3) is 5.91 Å². The van der Waals surface area contributed by atoms with Crippen LogP contribution in [0.2, 0.25) is 0 Å². The average Bonchev–Trinajstić information content (AvgIpc) is 2.79. The van der Waals surface area contributed by atoms with Crippen molar-refractivity contribution < 1.29 is 14.3 Å². The zero-order chi connectivity index (χ0) is 22.5. The third kappa shape index (κ3) is 8.32. The maximum Gasteiger partial charge on any atom is 0.253 e. The highest BCUT2D eigenvalue weighted by Gasteiger charge is 2.12. The first-order chi connectivity index (χ1) is 15.1. The summed E-state index contributed by atoms with van der Waals surface area (Å²) in [5.41, 5.74) is 2.14. The minimum Gasteiger partial charge on any atom is -0.494 e. The second-order valence-electron chi connectivity index (χ2n) is 7.39. The van der Waals surface area contributed by atoms with Crippen molar-refractivity contribution in [2.45, 2.75) is 46.5 Å². The van der Waals surface area contributed by atoms with Gasteiger partial charge in [-0.25, -0.2) is 0 Å². The lowest BCUT2D eigenvalue weighted by Gasteiger charge is -2.18. The second kappa shape index (κ2) is 13.3. The fourth-order valence-electron chi connectivity index (χ4n) is 3.19. The molecule has 2 rings (SSSR count). The van der Waals surface area contributed by atoms with Gasteiger partial charge in [-0.1, -0.05) is 32.3 Å². The maximum atomic E-state index is 12.4. The van der Waals surface area contributed by atoms with Crippen LogP contribution in [0, 0.1) is 0 Å². The minimum absolute atomic E-state index is 0.0155. The number of ether oxygens (including phenoxy) is 1. The van der Waals surface area contributed by atoms with Crippen molar-refractivity contribution in [3.05, 3.63) is 54.1 Å². The minimum atomic E-state index is -0.150. The number of rotatable bonds is 13. The van der Waals surface area contributed by atoms with Crippen LogP contribution in [0.25, 0.3) is 0 Å². The van der Waals surface area contributed by atoms with E-state index in [1.165, 1.54) is 19.3 Å². The summed E-state index contributed by atoms with van der Waals surface area (Å²) >= 11 is 0. The third-order valence-electron chi connectivity index (χ3n) is 5.02. The fourth-order valence-corrected chi connectivity index (χ4v) is 3.19. The average molecular weight is 426 g/mol. The van der Waals surface area contributed by atoms with E-state index in [0.717, 1.165) is 17.9 Å². The van der Waals surface area contributed by atoms with E-state index >= 15 is 0 Å². The molecule has 0 saturated heterocycles. The van der Waals surface area contributed by atoms with Crippen LogP contribution in [-0.4, -0.2) is 43.0 Å². The molecule has 0 aliphatic heterocycles. The van der Waals surface area contributed by atoms with Gasteiger partial charge >= 0.3 is 0 Å². The lowest BCUT2D eigenvalue weighted by atomic mass is 10.1. The van der Waals surface area contributed by atoms with Crippen molar-refractivity contribution >= 4 is 23.2 Å². The van der Waals surface area contributed by atoms with Crippen LogP contribution in [0.15, 0.2) is 48.5 Å². The molecule has 0 saturated carbocycles. The number of benzene rings is 2. The molecular weight excluding hydrogens is 390 g/mol. The van der Waals surface area contributed by atoms with Crippen LogP contribution in [0.1, 0.15) is 56.8 Å². The summed E-state index contributed by atoms with van der Waals surface area (Å²) in [4.78, 5) is 26.4. The maximum absolute atomic E-state index is 12.4. The van der Waals surface area contributed by atoms with Crippen molar-refractivity contribution in [1.82, 2.24) is 4.90 Å². The first-order valence-corrected chi connectivity index (χ1v) is 11.2. The number of hydrogen-bond acceptors (Lipinski definition) is 4. The molecule has 0 aromatic heterocycles.